The fourth-order valence-electron chi connectivity index (χ4n) is 2.56. The lowest BCUT2D eigenvalue weighted by Crippen LogP contribution is -2.28. The van der Waals surface area contributed by atoms with E-state index in [1.165, 1.54) is 37.3 Å². The topological polar surface area (TPSA) is 119 Å². The summed E-state index contributed by atoms with van der Waals surface area (Å²) in [7, 11) is -4.00. The van der Waals surface area contributed by atoms with Crippen molar-refractivity contribution in [2.45, 2.75) is 29.9 Å². The first kappa shape index (κ1) is 19.0. The summed E-state index contributed by atoms with van der Waals surface area (Å²) < 4.78 is 36.3. The van der Waals surface area contributed by atoms with Crippen LogP contribution in [0.2, 0.25) is 5.02 Å². The molecule has 0 bridgehead atoms. The van der Waals surface area contributed by atoms with Gasteiger partial charge < -0.3 is 19.9 Å². The number of carboxylic acid groups (broad SMARTS) is 1. The van der Waals surface area contributed by atoms with Crippen LogP contribution >= 0.6 is 11.6 Å². The molecule has 1 heterocycles. The molecule has 1 atom stereocenters. The molecule has 1 aliphatic rings. The fourth-order valence-corrected chi connectivity index (χ4v) is 4.24. The van der Waals surface area contributed by atoms with Gasteiger partial charge in [0.15, 0.2) is 11.5 Å². The third kappa shape index (κ3) is 3.56. The number of hydrogen-bond acceptors (Lipinski definition) is 6. The lowest BCUT2D eigenvalue weighted by atomic mass is 10.2. The molecule has 0 radical (unpaired) electrons. The van der Waals surface area contributed by atoms with Crippen LogP contribution in [0.1, 0.15) is 12.5 Å². The van der Waals surface area contributed by atoms with Crippen LogP contribution in [-0.4, -0.2) is 31.7 Å². The molecule has 1 unspecified atom stereocenters. The number of sulfone groups is 1. The Bertz CT molecular complexity index is 1070. The van der Waals surface area contributed by atoms with Crippen LogP contribution in [0.5, 0.6) is 11.5 Å². The average molecular weight is 412 g/mol. The highest BCUT2D eigenvalue weighted by Crippen LogP contribution is 2.40. The molecule has 0 aromatic heterocycles. The number of halogens is 1. The lowest BCUT2D eigenvalue weighted by Gasteiger charge is -2.11. The molecule has 10 heteroatoms. The second-order valence-electron chi connectivity index (χ2n) is 5.80. The molecule has 27 heavy (non-hydrogen) atoms. The molecule has 0 aliphatic carbocycles. The molecule has 2 aromatic rings. The van der Waals surface area contributed by atoms with Crippen molar-refractivity contribution in [3.8, 4) is 11.5 Å². The van der Waals surface area contributed by atoms with E-state index in [-0.39, 0.29) is 32.0 Å². The summed E-state index contributed by atoms with van der Waals surface area (Å²) >= 11 is 5.99. The number of aliphatic carboxylic acids is 1. The van der Waals surface area contributed by atoms with E-state index in [0.717, 1.165) is 0 Å². The molecule has 142 valence electrons. The molecular weight excluding hydrogens is 398 g/mol. The Kier molecular flexibility index (Phi) is 4.75. The van der Waals surface area contributed by atoms with Gasteiger partial charge in [0.25, 0.3) is 0 Å². The lowest BCUT2D eigenvalue weighted by molar-refractivity contribution is -0.154. The molecule has 8 nitrogen and oxygen atoms in total. The molecule has 0 saturated carbocycles. The molecule has 1 amide bonds. The van der Waals surface area contributed by atoms with Crippen molar-refractivity contribution in [3.05, 3.63) is 40.9 Å². The maximum Gasteiger partial charge on any atom is 0.387 e. The van der Waals surface area contributed by atoms with E-state index in [2.05, 4.69) is 5.32 Å². The van der Waals surface area contributed by atoms with Crippen molar-refractivity contribution in [2.75, 3.05) is 5.32 Å². The van der Waals surface area contributed by atoms with Crippen molar-refractivity contribution in [2.24, 2.45) is 0 Å². The summed E-state index contributed by atoms with van der Waals surface area (Å²) in [5, 5.41) is 11.6. The molecule has 0 saturated heterocycles. The number of ether oxygens (including phenoxy) is 2. The first-order valence-electron chi connectivity index (χ1n) is 7.62. The van der Waals surface area contributed by atoms with Crippen molar-refractivity contribution < 1.29 is 32.6 Å². The molecule has 1 aliphatic heterocycles. The van der Waals surface area contributed by atoms with Gasteiger partial charge in [-0.25, -0.2) is 13.2 Å². The Labute approximate surface area is 159 Å². The van der Waals surface area contributed by atoms with Gasteiger partial charge in [-0.3, -0.25) is 4.79 Å². The predicted molar refractivity (Wildman–Crippen MR) is 95.1 cm³/mol. The Balaban J connectivity index is 2.06. The third-order valence-corrected chi connectivity index (χ3v) is 5.98. The van der Waals surface area contributed by atoms with Gasteiger partial charge in [-0.05, 0) is 36.8 Å². The van der Waals surface area contributed by atoms with E-state index < -0.39 is 28.0 Å². The number of nitrogens with one attached hydrogen (secondary N) is 1. The average Bonchev–Trinajstić information content (AvgIpc) is 2.98. The summed E-state index contributed by atoms with van der Waals surface area (Å²) in [5.74, 6) is -1.56. The number of carbonyl (C=O) groups is 2. The molecule has 2 aromatic carbocycles. The minimum absolute atomic E-state index is 0.0163. The minimum Gasteiger partial charge on any atom is -0.476 e. The highest BCUT2D eigenvalue weighted by Gasteiger charge is 2.33. The Morgan fingerprint density at radius 3 is 2.37 bits per heavy atom. The van der Waals surface area contributed by atoms with Crippen LogP contribution < -0.4 is 14.8 Å². The summed E-state index contributed by atoms with van der Waals surface area (Å²) in [6.07, 6.45) is -1.53. The minimum atomic E-state index is -4.00. The van der Waals surface area contributed by atoms with Crippen molar-refractivity contribution in [3.63, 3.8) is 0 Å². The molecule has 0 spiro atoms. The highest BCUT2D eigenvalue weighted by atomic mass is 35.5. The van der Waals surface area contributed by atoms with Gasteiger partial charge in [0.1, 0.15) is 0 Å². The van der Waals surface area contributed by atoms with Crippen LogP contribution in [0.15, 0.2) is 40.1 Å². The first-order chi connectivity index (χ1) is 12.6. The summed E-state index contributed by atoms with van der Waals surface area (Å²) in [4.78, 5) is 22.1. The quantitative estimate of drug-likeness (QED) is 0.793. The van der Waals surface area contributed by atoms with E-state index in [1.54, 1.807) is 6.92 Å². The number of anilines is 1. The number of carboxylic acids is 1. The number of carbonyl (C=O) groups excluding carboxylic acids is 1. The van der Waals surface area contributed by atoms with Crippen molar-refractivity contribution >= 4 is 39.0 Å². The number of rotatable bonds is 4. The fraction of sp³-hybridized carbons (Fsp3) is 0.176. The van der Waals surface area contributed by atoms with Gasteiger partial charge in [0.05, 0.1) is 20.5 Å². The van der Waals surface area contributed by atoms with Crippen LogP contribution in [-0.2, 0) is 19.4 Å². The van der Waals surface area contributed by atoms with E-state index in [1.807, 2.05) is 0 Å². The molecule has 3 rings (SSSR count). The zero-order chi connectivity index (χ0) is 19.9. The van der Waals surface area contributed by atoms with Crippen molar-refractivity contribution in [1.29, 1.82) is 0 Å². The standard InChI is InChI=1S/C17H14ClNO7S/c1-8-5-13-14(26-17(25-13)16(21)22)7-15(8)27(23,24)10-3-4-11(18)12(6-10)19-9(2)20/h3-7,17H,1-2H3,(H,19,20)(H,21,22). The normalized spacial score (nSPS) is 15.4. The zero-order valence-corrected chi connectivity index (χ0v) is 15.7. The number of amides is 1. The van der Waals surface area contributed by atoms with Crippen LogP contribution in [0, 0.1) is 6.92 Å². The largest absolute Gasteiger partial charge is 0.476 e. The second-order valence-corrected chi connectivity index (χ2v) is 8.12. The Morgan fingerprint density at radius 1 is 1.15 bits per heavy atom. The van der Waals surface area contributed by atoms with Gasteiger partial charge in [-0.2, -0.15) is 0 Å². The molecule has 0 fully saturated rings. The van der Waals surface area contributed by atoms with Gasteiger partial charge >= 0.3 is 12.3 Å². The van der Waals surface area contributed by atoms with Gasteiger partial charge in [0, 0.05) is 13.0 Å². The van der Waals surface area contributed by atoms with Crippen LogP contribution in [0.3, 0.4) is 0 Å². The second kappa shape index (κ2) is 6.75. The van der Waals surface area contributed by atoms with Gasteiger partial charge in [-0.15, -0.1) is 0 Å². The van der Waals surface area contributed by atoms with Gasteiger partial charge in [-0.1, -0.05) is 11.6 Å². The molecular formula is C17H14ClNO7S. The maximum atomic E-state index is 13.1. The first-order valence-corrected chi connectivity index (χ1v) is 9.48. The predicted octanol–water partition coefficient (Wildman–Crippen LogP) is 2.62. The van der Waals surface area contributed by atoms with Crippen LogP contribution in [0.4, 0.5) is 5.69 Å². The summed E-state index contributed by atoms with van der Waals surface area (Å²) in [5.41, 5.74) is 0.508. The highest BCUT2D eigenvalue weighted by molar-refractivity contribution is 7.91. The van der Waals surface area contributed by atoms with E-state index >= 15 is 0 Å². The summed E-state index contributed by atoms with van der Waals surface area (Å²) in [6, 6.07) is 6.55. The third-order valence-electron chi connectivity index (χ3n) is 3.76. The zero-order valence-electron chi connectivity index (χ0n) is 14.1. The maximum absolute atomic E-state index is 13.1. The van der Waals surface area contributed by atoms with Crippen molar-refractivity contribution in [1.82, 2.24) is 0 Å². The van der Waals surface area contributed by atoms with Crippen LogP contribution in [0.25, 0.3) is 0 Å². The monoisotopic (exact) mass is 411 g/mol. The smallest absolute Gasteiger partial charge is 0.387 e. The number of hydrogen-bond donors (Lipinski definition) is 2. The number of aryl methyl sites for hydroxylation is 1. The van der Waals surface area contributed by atoms with Gasteiger partial charge in [0.2, 0.25) is 15.7 Å². The van der Waals surface area contributed by atoms with E-state index in [9.17, 15) is 18.0 Å². The SMILES string of the molecule is CC(=O)Nc1cc(S(=O)(=O)c2cc3c(cc2C)OC(C(=O)O)O3)ccc1Cl. The number of benzene rings is 2. The molecule has 2 N–H and O–H groups in total. The Hall–Kier alpha value is -2.78. The summed E-state index contributed by atoms with van der Waals surface area (Å²) in [6.45, 7) is 2.83. The van der Waals surface area contributed by atoms with E-state index in [4.69, 9.17) is 26.2 Å². The van der Waals surface area contributed by atoms with E-state index in [0.29, 0.717) is 5.56 Å². The number of fused-ring (bicyclic) bond motifs is 1. The Morgan fingerprint density at radius 2 is 1.78 bits per heavy atom.